The largest absolute Gasteiger partial charge is 0.325 e. The van der Waals surface area contributed by atoms with E-state index in [2.05, 4.69) is 4.98 Å². The zero-order valence-electron chi connectivity index (χ0n) is 7.09. The van der Waals surface area contributed by atoms with Gasteiger partial charge in [0, 0.05) is 29.4 Å². The molecule has 1 aromatic heterocycles. The maximum atomic E-state index is 12.5. The van der Waals surface area contributed by atoms with Crippen LogP contribution in [-0.4, -0.2) is 11.3 Å². The third-order valence-corrected chi connectivity index (χ3v) is 1.75. The molecule has 76 valence electrons. The highest BCUT2D eigenvalue weighted by atomic mass is 19.3. The van der Waals surface area contributed by atoms with E-state index in [1.807, 2.05) is 0 Å². The Morgan fingerprint density at radius 1 is 1.57 bits per heavy atom. The van der Waals surface area contributed by atoms with Gasteiger partial charge in [-0.3, -0.25) is 9.59 Å². The highest BCUT2D eigenvalue weighted by Gasteiger charge is 2.18. The summed E-state index contributed by atoms with van der Waals surface area (Å²) < 4.78 is 24.9. The molecule has 0 aliphatic rings. The molecule has 0 atom stereocenters. The van der Waals surface area contributed by atoms with E-state index in [4.69, 9.17) is 5.73 Å². The van der Waals surface area contributed by atoms with E-state index in [9.17, 15) is 18.4 Å². The van der Waals surface area contributed by atoms with Crippen LogP contribution < -0.4 is 11.3 Å². The van der Waals surface area contributed by atoms with Crippen molar-refractivity contribution in [2.24, 2.45) is 5.73 Å². The van der Waals surface area contributed by atoms with Crippen molar-refractivity contribution < 1.29 is 13.6 Å². The molecule has 14 heavy (non-hydrogen) atoms. The number of aldehydes is 1. The number of carbonyl (C=O) groups excluding carboxylic acids is 1. The van der Waals surface area contributed by atoms with Gasteiger partial charge in [0.15, 0.2) is 6.29 Å². The maximum Gasteiger partial charge on any atom is 0.266 e. The van der Waals surface area contributed by atoms with E-state index in [1.54, 1.807) is 0 Å². The summed E-state index contributed by atoms with van der Waals surface area (Å²) in [6, 6.07) is 0.827. The Labute approximate surface area is 77.7 Å². The van der Waals surface area contributed by atoms with Crippen molar-refractivity contribution in [3.05, 3.63) is 33.2 Å². The number of aromatic nitrogens is 1. The SMILES string of the molecule is NCc1[nH]c(=O)cc(C=O)c1C(F)F. The van der Waals surface area contributed by atoms with E-state index in [0.29, 0.717) is 0 Å². The second kappa shape index (κ2) is 4.10. The zero-order chi connectivity index (χ0) is 10.7. The number of rotatable bonds is 3. The van der Waals surface area contributed by atoms with Gasteiger partial charge < -0.3 is 10.7 Å². The van der Waals surface area contributed by atoms with E-state index in [1.165, 1.54) is 0 Å². The number of nitrogens with one attached hydrogen (secondary N) is 1. The van der Waals surface area contributed by atoms with E-state index in [-0.39, 0.29) is 24.1 Å². The van der Waals surface area contributed by atoms with Crippen LogP contribution in [0.5, 0.6) is 0 Å². The lowest BCUT2D eigenvalue weighted by atomic mass is 10.1. The molecule has 4 nitrogen and oxygen atoms in total. The standard InChI is InChI=1S/C8H8F2N2O2/c9-8(10)7-4(3-13)1-6(14)12-5(7)2-11/h1,3,8H,2,11H2,(H,12,14). The first-order valence-electron chi connectivity index (χ1n) is 3.79. The molecule has 1 rings (SSSR count). The fraction of sp³-hybridized carbons (Fsp3) is 0.250. The Kier molecular flexibility index (Phi) is 3.08. The summed E-state index contributed by atoms with van der Waals surface area (Å²) in [4.78, 5) is 23.5. The van der Waals surface area contributed by atoms with Gasteiger partial charge in [0.1, 0.15) is 0 Å². The average molecular weight is 202 g/mol. The van der Waals surface area contributed by atoms with Gasteiger partial charge in [-0.2, -0.15) is 0 Å². The van der Waals surface area contributed by atoms with Crippen molar-refractivity contribution in [2.75, 3.05) is 0 Å². The maximum absolute atomic E-state index is 12.5. The highest BCUT2D eigenvalue weighted by molar-refractivity contribution is 5.77. The van der Waals surface area contributed by atoms with Crippen LogP contribution in [0.25, 0.3) is 0 Å². The van der Waals surface area contributed by atoms with Gasteiger partial charge in [0.05, 0.1) is 0 Å². The molecule has 6 heteroatoms. The van der Waals surface area contributed by atoms with Crippen LogP contribution in [0.4, 0.5) is 8.78 Å². The Morgan fingerprint density at radius 2 is 2.21 bits per heavy atom. The number of hydrogen-bond acceptors (Lipinski definition) is 3. The quantitative estimate of drug-likeness (QED) is 0.704. The number of nitrogens with two attached hydrogens (primary N) is 1. The van der Waals surface area contributed by atoms with Gasteiger partial charge in [-0.25, -0.2) is 8.78 Å². The topological polar surface area (TPSA) is 76.0 Å². The Bertz CT molecular complexity index is 401. The lowest BCUT2D eigenvalue weighted by Crippen LogP contribution is -2.16. The fourth-order valence-corrected chi connectivity index (χ4v) is 1.16. The molecule has 0 saturated carbocycles. The molecule has 0 fully saturated rings. The zero-order valence-corrected chi connectivity index (χ0v) is 7.09. The van der Waals surface area contributed by atoms with E-state index < -0.39 is 17.5 Å². The van der Waals surface area contributed by atoms with Crippen LogP contribution in [0.15, 0.2) is 10.9 Å². The number of pyridine rings is 1. The number of halogens is 2. The highest BCUT2D eigenvalue weighted by Crippen LogP contribution is 2.23. The van der Waals surface area contributed by atoms with Crippen molar-refractivity contribution >= 4 is 6.29 Å². The van der Waals surface area contributed by atoms with Crippen LogP contribution in [-0.2, 0) is 6.54 Å². The Hall–Kier alpha value is -1.56. The Morgan fingerprint density at radius 3 is 2.64 bits per heavy atom. The number of H-pyrrole nitrogens is 1. The third kappa shape index (κ3) is 1.85. The molecule has 0 aromatic carbocycles. The molecule has 0 saturated heterocycles. The van der Waals surface area contributed by atoms with Crippen LogP contribution in [0, 0.1) is 0 Å². The normalized spacial score (nSPS) is 10.6. The fourth-order valence-electron chi connectivity index (χ4n) is 1.16. The molecule has 0 aliphatic heterocycles. The van der Waals surface area contributed by atoms with Crippen molar-refractivity contribution in [1.29, 1.82) is 0 Å². The molecule has 0 unspecified atom stereocenters. The summed E-state index contributed by atoms with van der Waals surface area (Å²) in [7, 11) is 0. The lowest BCUT2D eigenvalue weighted by molar-refractivity contribution is 0.110. The second-order valence-electron chi connectivity index (χ2n) is 2.60. The molecule has 0 amide bonds. The summed E-state index contributed by atoms with van der Waals surface area (Å²) in [5, 5.41) is 0. The number of carbonyl (C=O) groups is 1. The first kappa shape index (κ1) is 10.5. The molecule has 0 bridgehead atoms. The Balaban J connectivity index is 3.48. The molecule has 0 radical (unpaired) electrons. The predicted molar refractivity (Wildman–Crippen MR) is 45.3 cm³/mol. The molecule has 0 spiro atoms. The predicted octanol–water partition coefficient (Wildman–Crippen LogP) is 0.584. The average Bonchev–Trinajstić information content (AvgIpc) is 2.15. The summed E-state index contributed by atoms with van der Waals surface area (Å²) >= 11 is 0. The van der Waals surface area contributed by atoms with Crippen molar-refractivity contribution in [1.82, 2.24) is 4.98 Å². The van der Waals surface area contributed by atoms with Gasteiger partial charge >= 0.3 is 0 Å². The van der Waals surface area contributed by atoms with Crippen LogP contribution >= 0.6 is 0 Å². The molecule has 1 heterocycles. The molecule has 3 N–H and O–H groups in total. The lowest BCUT2D eigenvalue weighted by Gasteiger charge is -2.08. The van der Waals surface area contributed by atoms with Gasteiger partial charge in [0.25, 0.3) is 6.43 Å². The van der Waals surface area contributed by atoms with Crippen molar-refractivity contribution in [3.8, 4) is 0 Å². The van der Waals surface area contributed by atoms with Crippen LogP contribution in [0.2, 0.25) is 0 Å². The van der Waals surface area contributed by atoms with Gasteiger partial charge in [-0.05, 0) is 0 Å². The minimum atomic E-state index is -2.83. The number of alkyl halides is 2. The van der Waals surface area contributed by atoms with Crippen LogP contribution in [0.1, 0.15) is 28.0 Å². The van der Waals surface area contributed by atoms with Crippen molar-refractivity contribution in [3.63, 3.8) is 0 Å². The second-order valence-corrected chi connectivity index (χ2v) is 2.60. The first-order valence-corrected chi connectivity index (χ1v) is 3.79. The van der Waals surface area contributed by atoms with E-state index >= 15 is 0 Å². The first-order chi connectivity index (χ1) is 6.60. The van der Waals surface area contributed by atoms with Gasteiger partial charge in [-0.1, -0.05) is 0 Å². The monoisotopic (exact) mass is 202 g/mol. The summed E-state index contributed by atoms with van der Waals surface area (Å²) in [5.74, 6) is 0. The van der Waals surface area contributed by atoms with Gasteiger partial charge in [-0.15, -0.1) is 0 Å². The molecule has 0 aliphatic carbocycles. The number of hydrogen-bond donors (Lipinski definition) is 2. The summed E-state index contributed by atoms with van der Waals surface area (Å²) in [6.45, 7) is -0.239. The van der Waals surface area contributed by atoms with Gasteiger partial charge in [0.2, 0.25) is 5.56 Å². The summed E-state index contributed by atoms with van der Waals surface area (Å²) in [5.41, 5.74) is 3.63. The smallest absolute Gasteiger partial charge is 0.266 e. The minimum Gasteiger partial charge on any atom is -0.325 e. The third-order valence-electron chi connectivity index (χ3n) is 1.75. The summed E-state index contributed by atoms with van der Waals surface area (Å²) in [6.07, 6.45) is -2.61. The van der Waals surface area contributed by atoms with Crippen molar-refractivity contribution in [2.45, 2.75) is 13.0 Å². The van der Waals surface area contributed by atoms with Crippen LogP contribution in [0.3, 0.4) is 0 Å². The van der Waals surface area contributed by atoms with E-state index in [0.717, 1.165) is 6.07 Å². The minimum absolute atomic E-state index is 0.102. The molecular formula is C8H8F2N2O2. The molecular weight excluding hydrogens is 194 g/mol. The molecule has 1 aromatic rings. The number of aromatic amines is 1.